The summed E-state index contributed by atoms with van der Waals surface area (Å²) in [4.78, 5) is 0. The van der Waals surface area contributed by atoms with Crippen molar-refractivity contribution in [3.05, 3.63) is 146 Å². The third-order valence-corrected chi connectivity index (χ3v) is 8.01. The first-order chi connectivity index (χ1) is 18.8. The molecule has 176 valence electrons. The zero-order chi connectivity index (χ0) is 25.1. The summed E-state index contributed by atoms with van der Waals surface area (Å²) in [6.45, 7) is 0. The summed E-state index contributed by atoms with van der Waals surface area (Å²) in [6.07, 6.45) is 0. The molecule has 8 aromatic carbocycles. The van der Waals surface area contributed by atoms with Crippen LogP contribution in [0.4, 0.5) is 0 Å². The Bertz CT molecular complexity index is 2100. The quantitative estimate of drug-likeness (QED) is 0.221. The molecule has 0 spiro atoms. The fourth-order valence-electron chi connectivity index (χ4n) is 6.23. The van der Waals surface area contributed by atoms with Crippen LogP contribution >= 0.6 is 0 Å². The Morgan fingerprint density at radius 1 is 0.263 bits per heavy atom. The monoisotopic (exact) mass is 480 g/mol. The Balaban J connectivity index is 1.50. The van der Waals surface area contributed by atoms with E-state index < -0.39 is 0 Å². The second-order valence-electron chi connectivity index (χ2n) is 10.1. The predicted octanol–water partition coefficient (Wildman–Crippen LogP) is 10.7. The second kappa shape index (κ2) is 8.30. The summed E-state index contributed by atoms with van der Waals surface area (Å²) >= 11 is 0. The zero-order valence-electron chi connectivity index (χ0n) is 20.9. The average Bonchev–Trinajstić information content (AvgIpc) is 3.00. The van der Waals surface area contributed by atoms with Crippen LogP contribution in [0.3, 0.4) is 0 Å². The molecule has 0 radical (unpaired) electrons. The van der Waals surface area contributed by atoms with Gasteiger partial charge in [0.1, 0.15) is 0 Å². The van der Waals surface area contributed by atoms with Gasteiger partial charge in [0.2, 0.25) is 0 Å². The highest BCUT2D eigenvalue weighted by atomic mass is 14.2. The zero-order valence-corrected chi connectivity index (χ0v) is 20.9. The van der Waals surface area contributed by atoms with E-state index >= 15 is 0 Å². The first-order valence-electron chi connectivity index (χ1n) is 13.2. The average molecular weight is 481 g/mol. The van der Waals surface area contributed by atoms with Crippen molar-refractivity contribution in [3.63, 3.8) is 0 Å². The Morgan fingerprint density at radius 3 is 1.55 bits per heavy atom. The standard InChI is InChI=1S/C38H24/c1-3-10-26(11-4-1)31-18-17-30-24-36(27-12-5-2-6-13-27)35-20-19-32(34-22-21-33(31)37(30)38(34)35)29-16-15-25-9-7-8-14-28(25)23-29/h1-24H. The van der Waals surface area contributed by atoms with Gasteiger partial charge in [-0.2, -0.15) is 0 Å². The maximum atomic E-state index is 2.38. The van der Waals surface area contributed by atoms with E-state index in [0.717, 1.165) is 0 Å². The van der Waals surface area contributed by atoms with Crippen LogP contribution in [-0.4, -0.2) is 0 Å². The van der Waals surface area contributed by atoms with Gasteiger partial charge in [-0.3, -0.25) is 0 Å². The lowest BCUT2D eigenvalue weighted by Crippen LogP contribution is -1.92. The van der Waals surface area contributed by atoms with Crippen LogP contribution in [0.25, 0.3) is 76.5 Å². The van der Waals surface area contributed by atoms with Gasteiger partial charge in [0.05, 0.1) is 0 Å². The van der Waals surface area contributed by atoms with Crippen LogP contribution in [-0.2, 0) is 0 Å². The lowest BCUT2D eigenvalue weighted by atomic mass is 9.84. The van der Waals surface area contributed by atoms with E-state index in [0.29, 0.717) is 0 Å². The van der Waals surface area contributed by atoms with Crippen LogP contribution in [0.2, 0.25) is 0 Å². The van der Waals surface area contributed by atoms with Crippen molar-refractivity contribution >= 4 is 43.1 Å². The summed E-state index contributed by atoms with van der Waals surface area (Å²) in [7, 11) is 0. The molecule has 0 bridgehead atoms. The van der Waals surface area contributed by atoms with Gasteiger partial charge in [-0.1, -0.05) is 133 Å². The summed E-state index contributed by atoms with van der Waals surface area (Å²) in [6, 6.07) is 53.3. The first-order valence-corrected chi connectivity index (χ1v) is 13.2. The van der Waals surface area contributed by atoms with Crippen LogP contribution in [0.5, 0.6) is 0 Å². The van der Waals surface area contributed by atoms with Gasteiger partial charge in [0.25, 0.3) is 0 Å². The number of hydrogen-bond donors (Lipinski definition) is 0. The highest BCUT2D eigenvalue weighted by molar-refractivity contribution is 6.30. The summed E-state index contributed by atoms with van der Waals surface area (Å²) < 4.78 is 0. The minimum atomic E-state index is 1.25. The molecule has 0 atom stereocenters. The molecular weight excluding hydrogens is 456 g/mol. The van der Waals surface area contributed by atoms with E-state index in [9.17, 15) is 0 Å². The Labute approximate surface area is 221 Å². The van der Waals surface area contributed by atoms with Gasteiger partial charge in [-0.05, 0) is 88.6 Å². The molecule has 0 aromatic heterocycles. The van der Waals surface area contributed by atoms with Crippen LogP contribution < -0.4 is 0 Å². The van der Waals surface area contributed by atoms with Gasteiger partial charge in [0, 0.05) is 0 Å². The largest absolute Gasteiger partial charge is 0.0622 e. The van der Waals surface area contributed by atoms with Crippen molar-refractivity contribution in [2.75, 3.05) is 0 Å². The molecule has 0 nitrogen and oxygen atoms in total. The highest BCUT2D eigenvalue weighted by Gasteiger charge is 2.18. The van der Waals surface area contributed by atoms with Crippen molar-refractivity contribution in [1.82, 2.24) is 0 Å². The summed E-state index contributed by atoms with van der Waals surface area (Å²) in [5, 5.41) is 10.4. The molecule has 0 N–H and O–H groups in total. The highest BCUT2D eigenvalue weighted by Crippen LogP contribution is 2.45. The smallest absolute Gasteiger partial charge is 0.00141 e. The van der Waals surface area contributed by atoms with Crippen molar-refractivity contribution in [2.45, 2.75) is 0 Å². The van der Waals surface area contributed by atoms with Gasteiger partial charge in [-0.25, -0.2) is 0 Å². The van der Waals surface area contributed by atoms with E-state index in [2.05, 4.69) is 146 Å². The predicted molar refractivity (Wildman–Crippen MR) is 164 cm³/mol. The van der Waals surface area contributed by atoms with Crippen molar-refractivity contribution in [3.8, 4) is 33.4 Å². The lowest BCUT2D eigenvalue weighted by molar-refractivity contribution is 1.65. The fraction of sp³-hybridized carbons (Fsp3) is 0. The molecule has 0 saturated carbocycles. The normalized spacial score (nSPS) is 11.7. The molecule has 8 aromatic rings. The molecular formula is C38H24. The van der Waals surface area contributed by atoms with Crippen LogP contribution in [0.15, 0.2) is 146 Å². The van der Waals surface area contributed by atoms with E-state index in [-0.39, 0.29) is 0 Å². The van der Waals surface area contributed by atoms with Crippen LogP contribution in [0, 0.1) is 0 Å². The summed E-state index contributed by atoms with van der Waals surface area (Å²) in [5.74, 6) is 0. The molecule has 38 heavy (non-hydrogen) atoms. The van der Waals surface area contributed by atoms with Gasteiger partial charge >= 0.3 is 0 Å². The molecule has 0 heteroatoms. The van der Waals surface area contributed by atoms with Gasteiger partial charge < -0.3 is 0 Å². The molecule has 0 aliphatic carbocycles. The maximum absolute atomic E-state index is 2.38. The molecule has 0 aliphatic heterocycles. The minimum Gasteiger partial charge on any atom is -0.0622 e. The van der Waals surface area contributed by atoms with E-state index in [1.807, 2.05) is 0 Å². The fourth-order valence-corrected chi connectivity index (χ4v) is 6.23. The number of hydrogen-bond acceptors (Lipinski definition) is 0. The van der Waals surface area contributed by atoms with Crippen molar-refractivity contribution < 1.29 is 0 Å². The Kier molecular flexibility index (Phi) is 4.62. The Hall–Kier alpha value is -4.94. The number of rotatable bonds is 3. The van der Waals surface area contributed by atoms with E-state index in [1.165, 1.54) is 76.5 Å². The van der Waals surface area contributed by atoms with Gasteiger partial charge in [-0.15, -0.1) is 0 Å². The molecule has 0 saturated heterocycles. The topological polar surface area (TPSA) is 0 Å². The summed E-state index contributed by atoms with van der Waals surface area (Å²) in [5.41, 5.74) is 7.61. The molecule has 0 fully saturated rings. The van der Waals surface area contributed by atoms with Crippen LogP contribution in [0.1, 0.15) is 0 Å². The number of fused-ring (bicyclic) bond motifs is 1. The Morgan fingerprint density at radius 2 is 0.789 bits per heavy atom. The van der Waals surface area contributed by atoms with E-state index in [1.54, 1.807) is 0 Å². The molecule has 0 heterocycles. The molecule has 8 rings (SSSR count). The first kappa shape index (κ1) is 21.2. The van der Waals surface area contributed by atoms with E-state index in [4.69, 9.17) is 0 Å². The second-order valence-corrected chi connectivity index (χ2v) is 10.1. The molecule has 0 aliphatic rings. The third-order valence-electron chi connectivity index (χ3n) is 8.01. The maximum Gasteiger partial charge on any atom is -0.00141 e. The third kappa shape index (κ3) is 3.17. The molecule has 0 amide bonds. The van der Waals surface area contributed by atoms with Crippen molar-refractivity contribution in [2.24, 2.45) is 0 Å². The minimum absolute atomic E-state index is 1.25. The SMILES string of the molecule is c1ccc(-c2ccc3cc(-c4ccccc4)c4ccc(-c5ccc6ccccc6c5)c5ccc2c3c54)cc1. The van der Waals surface area contributed by atoms with Crippen molar-refractivity contribution in [1.29, 1.82) is 0 Å². The molecule has 0 unspecified atom stereocenters. The van der Waals surface area contributed by atoms with Gasteiger partial charge in [0.15, 0.2) is 0 Å². The lowest BCUT2D eigenvalue weighted by Gasteiger charge is -2.19. The number of benzene rings is 8.